The molecular weight excluding hydrogens is 374 g/mol. The standard InChI is InChI=1S/C17H16BrN3O3/c1-24-15-8-3-2-5-13(15)10-20-21-16(22)11-19-17(23)12-6-4-7-14(18)9-12/h2-10H,11H2,1H3,(H,19,23)(H,21,22). The van der Waals surface area contributed by atoms with Gasteiger partial charge in [-0.1, -0.05) is 34.1 Å². The first-order valence-electron chi connectivity index (χ1n) is 7.09. The summed E-state index contributed by atoms with van der Waals surface area (Å²) in [6.45, 7) is -0.172. The maximum Gasteiger partial charge on any atom is 0.259 e. The van der Waals surface area contributed by atoms with Gasteiger partial charge in [0.05, 0.1) is 19.9 Å². The van der Waals surface area contributed by atoms with Gasteiger partial charge in [-0.05, 0) is 30.3 Å². The van der Waals surface area contributed by atoms with Crippen LogP contribution in [0.2, 0.25) is 0 Å². The van der Waals surface area contributed by atoms with Crippen LogP contribution in [0.15, 0.2) is 58.1 Å². The molecule has 7 heteroatoms. The van der Waals surface area contributed by atoms with Crippen LogP contribution in [0.5, 0.6) is 5.75 Å². The summed E-state index contributed by atoms with van der Waals surface area (Å²) in [7, 11) is 1.56. The lowest BCUT2D eigenvalue weighted by Gasteiger charge is -2.05. The van der Waals surface area contributed by atoms with E-state index in [9.17, 15) is 9.59 Å². The molecule has 6 nitrogen and oxygen atoms in total. The minimum absolute atomic E-state index is 0.172. The number of nitrogens with zero attached hydrogens (tertiary/aromatic N) is 1. The minimum Gasteiger partial charge on any atom is -0.496 e. The van der Waals surface area contributed by atoms with Gasteiger partial charge in [0, 0.05) is 15.6 Å². The molecular formula is C17H16BrN3O3. The second kappa shape index (κ2) is 8.83. The van der Waals surface area contributed by atoms with Gasteiger partial charge in [0.1, 0.15) is 5.75 Å². The fraction of sp³-hybridized carbons (Fsp3) is 0.118. The van der Waals surface area contributed by atoms with Gasteiger partial charge in [0.15, 0.2) is 0 Å². The number of hydrogen-bond donors (Lipinski definition) is 2. The highest BCUT2D eigenvalue weighted by atomic mass is 79.9. The number of methoxy groups -OCH3 is 1. The molecule has 0 aliphatic heterocycles. The number of nitrogens with one attached hydrogen (secondary N) is 2. The van der Waals surface area contributed by atoms with E-state index in [-0.39, 0.29) is 12.5 Å². The molecule has 2 N–H and O–H groups in total. The summed E-state index contributed by atoms with van der Waals surface area (Å²) in [5.74, 6) is -0.108. The Balaban J connectivity index is 1.83. The lowest BCUT2D eigenvalue weighted by molar-refractivity contribution is -0.120. The van der Waals surface area contributed by atoms with E-state index in [1.54, 1.807) is 31.4 Å². The third kappa shape index (κ3) is 5.20. The predicted molar refractivity (Wildman–Crippen MR) is 95.2 cm³/mol. The van der Waals surface area contributed by atoms with Crippen LogP contribution < -0.4 is 15.5 Å². The molecule has 0 saturated carbocycles. The predicted octanol–water partition coefficient (Wildman–Crippen LogP) is 2.34. The summed E-state index contributed by atoms with van der Waals surface area (Å²) < 4.78 is 5.97. The fourth-order valence-corrected chi connectivity index (χ4v) is 2.28. The number of hydrogen-bond acceptors (Lipinski definition) is 4. The SMILES string of the molecule is COc1ccccc1C=NNC(=O)CNC(=O)c1cccc(Br)c1. The normalized spacial score (nSPS) is 10.4. The van der Waals surface area contributed by atoms with Crippen molar-refractivity contribution in [1.29, 1.82) is 0 Å². The number of ether oxygens (including phenoxy) is 1. The summed E-state index contributed by atoms with van der Waals surface area (Å²) in [6, 6.07) is 14.2. The van der Waals surface area contributed by atoms with Gasteiger partial charge in [0.25, 0.3) is 11.8 Å². The Bertz CT molecular complexity index is 762. The van der Waals surface area contributed by atoms with E-state index in [1.165, 1.54) is 6.21 Å². The largest absolute Gasteiger partial charge is 0.496 e. The topological polar surface area (TPSA) is 79.8 Å². The number of rotatable bonds is 6. The van der Waals surface area contributed by atoms with E-state index in [1.807, 2.05) is 24.3 Å². The second-order valence-electron chi connectivity index (χ2n) is 4.73. The van der Waals surface area contributed by atoms with E-state index in [2.05, 4.69) is 31.8 Å². The van der Waals surface area contributed by atoms with Crippen molar-refractivity contribution in [2.24, 2.45) is 5.10 Å². The Labute approximate surface area is 148 Å². The van der Waals surface area contributed by atoms with Crippen molar-refractivity contribution in [3.63, 3.8) is 0 Å². The highest BCUT2D eigenvalue weighted by Crippen LogP contribution is 2.14. The first-order valence-corrected chi connectivity index (χ1v) is 7.88. The van der Waals surface area contributed by atoms with Crippen molar-refractivity contribution in [2.75, 3.05) is 13.7 Å². The summed E-state index contributed by atoms with van der Waals surface area (Å²) in [5, 5.41) is 6.38. The highest BCUT2D eigenvalue weighted by molar-refractivity contribution is 9.10. The third-order valence-corrected chi connectivity index (χ3v) is 3.52. The molecule has 0 aliphatic carbocycles. The van der Waals surface area contributed by atoms with E-state index in [0.717, 1.165) is 10.0 Å². The summed E-state index contributed by atoms with van der Waals surface area (Å²) in [5.41, 5.74) is 3.55. The molecule has 0 spiro atoms. The molecule has 0 radical (unpaired) electrons. The van der Waals surface area contributed by atoms with Gasteiger partial charge in [-0.15, -0.1) is 0 Å². The second-order valence-corrected chi connectivity index (χ2v) is 5.64. The van der Waals surface area contributed by atoms with Crippen molar-refractivity contribution in [1.82, 2.24) is 10.7 Å². The maximum atomic E-state index is 11.9. The van der Waals surface area contributed by atoms with E-state index < -0.39 is 5.91 Å². The van der Waals surface area contributed by atoms with Crippen LogP contribution in [0.3, 0.4) is 0 Å². The highest BCUT2D eigenvalue weighted by Gasteiger charge is 2.07. The molecule has 0 aliphatic rings. The molecule has 0 unspecified atom stereocenters. The number of carbonyl (C=O) groups is 2. The van der Waals surface area contributed by atoms with Crippen LogP contribution in [0.1, 0.15) is 15.9 Å². The number of halogens is 1. The average Bonchev–Trinajstić information content (AvgIpc) is 2.60. The van der Waals surface area contributed by atoms with Gasteiger partial charge in [-0.3, -0.25) is 9.59 Å². The summed E-state index contributed by atoms with van der Waals surface area (Å²) in [4.78, 5) is 23.6. The van der Waals surface area contributed by atoms with Crippen molar-refractivity contribution in [3.05, 3.63) is 64.1 Å². The lowest BCUT2D eigenvalue weighted by atomic mass is 10.2. The lowest BCUT2D eigenvalue weighted by Crippen LogP contribution is -2.34. The number of amides is 2. The van der Waals surface area contributed by atoms with Crippen molar-refractivity contribution < 1.29 is 14.3 Å². The quantitative estimate of drug-likeness (QED) is 0.587. The Morgan fingerprint density at radius 1 is 1.21 bits per heavy atom. The van der Waals surface area contributed by atoms with E-state index >= 15 is 0 Å². The maximum absolute atomic E-state index is 11.9. The molecule has 0 atom stereocenters. The Hall–Kier alpha value is -2.67. The zero-order chi connectivity index (χ0) is 17.4. The van der Waals surface area contributed by atoms with Gasteiger partial charge in [-0.25, -0.2) is 5.43 Å². The molecule has 0 aromatic heterocycles. The fourth-order valence-electron chi connectivity index (χ4n) is 1.88. The van der Waals surface area contributed by atoms with Crippen LogP contribution in [-0.2, 0) is 4.79 Å². The molecule has 0 bridgehead atoms. The minimum atomic E-state index is -0.426. The smallest absolute Gasteiger partial charge is 0.259 e. The first kappa shape index (κ1) is 17.7. The zero-order valence-electron chi connectivity index (χ0n) is 13.0. The average molecular weight is 390 g/mol. The van der Waals surface area contributed by atoms with Crippen molar-refractivity contribution in [3.8, 4) is 5.75 Å². The van der Waals surface area contributed by atoms with E-state index in [4.69, 9.17) is 4.74 Å². The monoisotopic (exact) mass is 389 g/mol. The van der Waals surface area contributed by atoms with Crippen LogP contribution >= 0.6 is 15.9 Å². The van der Waals surface area contributed by atoms with Crippen molar-refractivity contribution >= 4 is 34.0 Å². The Kier molecular flexibility index (Phi) is 6.51. The summed E-state index contributed by atoms with van der Waals surface area (Å²) >= 11 is 3.29. The molecule has 124 valence electrons. The van der Waals surface area contributed by atoms with Gasteiger partial charge < -0.3 is 10.1 Å². The Morgan fingerprint density at radius 2 is 2.00 bits per heavy atom. The molecule has 0 fully saturated rings. The van der Waals surface area contributed by atoms with Crippen molar-refractivity contribution in [2.45, 2.75) is 0 Å². The van der Waals surface area contributed by atoms with Crippen LogP contribution in [-0.4, -0.2) is 31.7 Å². The van der Waals surface area contributed by atoms with Gasteiger partial charge >= 0.3 is 0 Å². The molecule has 2 aromatic carbocycles. The first-order chi connectivity index (χ1) is 11.6. The van der Waals surface area contributed by atoms with Crippen LogP contribution in [0.4, 0.5) is 0 Å². The molecule has 0 saturated heterocycles. The third-order valence-electron chi connectivity index (χ3n) is 3.03. The Morgan fingerprint density at radius 3 is 2.75 bits per heavy atom. The number of carbonyl (C=O) groups excluding carboxylic acids is 2. The molecule has 2 aromatic rings. The molecule has 0 heterocycles. The molecule has 2 amide bonds. The van der Waals surface area contributed by atoms with Crippen LogP contribution in [0, 0.1) is 0 Å². The van der Waals surface area contributed by atoms with Gasteiger partial charge in [-0.2, -0.15) is 5.10 Å². The van der Waals surface area contributed by atoms with Crippen LogP contribution in [0.25, 0.3) is 0 Å². The summed E-state index contributed by atoms with van der Waals surface area (Å²) in [6.07, 6.45) is 1.48. The number of hydrazone groups is 1. The number of para-hydroxylation sites is 1. The van der Waals surface area contributed by atoms with Gasteiger partial charge in [0.2, 0.25) is 0 Å². The van der Waals surface area contributed by atoms with E-state index in [0.29, 0.717) is 11.3 Å². The number of benzene rings is 2. The zero-order valence-corrected chi connectivity index (χ0v) is 14.5. The molecule has 2 rings (SSSR count). The molecule has 24 heavy (non-hydrogen) atoms.